The number of aromatic nitrogens is 1. The first-order valence-electron chi connectivity index (χ1n) is 8.31. The molecule has 0 bridgehead atoms. The number of nitrogens with zero attached hydrogens (tertiary/aromatic N) is 2. The summed E-state index contributed by atoms with van der Waals surface area (Å²) in [5.74, 6) is 0.571. The fourth-order valence-electron chi connectivity index (χ4n) is 2.78. The van der Waals surface area contributed by atoms with Gasteiger partial charge in [0.15, 0.2) is 4.80 Å². The zero-order valence-electron chi connectivity index (χ0n) is 14.6. The number of benzene rings is 1. The number of thiazole rings is 1. The largest absolute Gasteiger partial charge is 0.320 e. The van der Waals surface area contributed by atoms with E-state index < -0.39 is 0 Å². The second-order valence-corrected chi connectivity index (χ2v) is 9.42. The average molecular weight is 407 g/mol. The molecule has 24 heavy (non-hydrogen) atoms. The van der Waals surface area contributed by atoms with Crippen LogP contribution in [0.5, 0.6) is 0 Å². The van der Waals surface area contributed by atoms with E-state index in [4.69, 9.17) is 0 Å². The van der Waals surface area contributed by atoms with Gasteiger partial charge in [-0.05, 0) is 55.4 Å². The molecule has 1 saturated carbocycles. The third kappa shape index (κ3) is 3.89. The van der Waals surface area contributed by atoms with E-state index in [2.05, 4.69) is 53.2 Å². The van der Waals surface area contributed by atoms with Crippen LogP contribution < -0.4 is 4.80 Å². The predicted molar refractivity (Wildman–Crippen MR) is 103 cm³/mol. The van der Waals surface area contributed by atoms with Gasteiger partial charge in [0.2, 0.25) is 0 Å². The molecule has 2 aromatic rings. The highest BCUT2D eigenvalue weighted by Gasteiger charge is 2.27. The zero-order valence-corrected chi connectivity index (χ0v) is 17.0. The highest BCUT2D eigenvalue weighted by atomic mass is 79.9. The molecule has 128 valence electrons. The van der Waals surface area contributed by atoms with Crippen LogP contribution in [0.25, 0.3) is 0 Å². The van der Waals surface area contributed by atoms with Gasteiger partial charge in [-0.2, -0.15) is 4.99 Å². The van der Waals surface area contributed by atoms with Crippen LogP contribution in [0.2, 0.25) is 0 Å². The Balaban J connectivity index is 2.04. The van der Waals surface area contributed by atoms with Gasteiger partial charge in [0.1, 0.15) is 0 Å². The van der Waals surface area contributed by atoms with Gasteiger partial charge in [-0.1, -0.05) is 36.7 Å². The predicted octanol–water partition coefficient (Wildman–Crippen LogP) is 5.07. The number of amides is 1. The van der Waals surface area contributed by atoms with E-state index in [1.807, 2.05) is 24.3 Å². The van der Waals surface area contributed by atoms with E-state index in [0.717, 1.165) is 21.7 Å². The lowest BCUT2D eigenvalue weighted by atomic mass is 9.93. The maximum absolute atomic E-state index is 12.6. The Bertz CT molecular complexity index is 821. The minimum absolute atomic E-state index is 0.0640. The number of hydrogen-bond acceptors (Lipinski definition) is 2. The molecule has 1 aliphatic carbocycles. The van der Waals surface area contributed by atoms with Crippen molar-refractivity contribution in [3.8, 4) is 0 Å². The zero-order chi connectivity index (χ0) is 17.5. The van der Waals surface area contributed by atoms with Crippen LogP contribution in [-0.4, -0.2) is 10.5 Å². The van der Waals surface area contributed by atoms with Crippen molar-refractivity contribution in [1.29, 1.82) is 0 Å². The van der Waals surface area contributed by atoms with Gasteiger partial charge in [-0.3, -0.25) is 4.79 Å². The summed E-state index contributed by atoms with van der Waals surface area (Å²) in [7, 11) is 0. The van der Waals surface area contributed by atoms with Crippen LogP contribution in [-0.2, 0) is 12.0 Å². The molecule has 0 spiro atoms. The van der Waals surface area contributed by atoms with Gasteiger partial charge in [-0.15, -0.1) is 11.3 Å². The standard InChI is InChI=1S/C19H23BrN2OS/c1-12-16(19(2,3)4)24-18(22(12)11-13-5-6-13)21-17(23)14-7-9-15(20)10-8-14/h7-10,13H,5-6,11H2,1-4H3. The second-order valence-electron chi connectivity index (χ2n) is 7.53. The minimum atomic E-state index is -0.172. The monoisotopic (exact) mass is 406 g/mol. The molecule has 1 aromatic heterocycles. The second kappa shape index (κ2) is 6.60. The number of hydrogen-bond donors (Lipinski definition) is 0. The van der Waals surface area contributed by atoms with Crippen molar-refractivity contribution in [1.82, 2.24) is 4.57 Å². The van der Waals surface area contributed by atoms with Crippen molar-refractivity contribution < 1.29 is 4.79 Å². The quantitative estimate of drug-likeness (QED) is 0.700. The molecule has 0 atom stereocenters. The highest BCUT2D eigenvalue weighted by Crippen LogP contribution is 2.33. The molecule has 1 fully saturated rings. The van der Waals surface area contributed by atoms with Crippen LogP contribution in [0.4, 0.5) is 0 Å². The van der Waals surface area contributed by atoms with Crippen molar-refractivity contribution >= 4 is 33.2 Å². The third-order valence-electron chi connectivity index (χ3n) is 4.26. The number of halogens is 1. The maximum atomic E-state index is 12.6. The Morgan fingerprint density at radius 3 is 2.46 bits per heavy atom. The molecule has 3 rings (SSSR count). The van der Waals surface area contributed by atoms with E-state index in [0.29, 0.717) is 5.56 Å². The molecule has 0 unspecified atom stereocenters. The summed E-state index contributed by atoms with van der Waals surface area (Å²) in [6.45, 7) is 9.78. The number of carbonyl (C=O) groups is 1. The first kappa shape index (κ1) is 17.6. The van der Waals surface area contributed by atoms with E-state index >= 15 is 0 Å². The van der Waals surface area contributed by atoms with Crippen molar-refractivity contribution in [3.63, 3.8) is 0 Å². The molecule has 0 aliphatic heterocycles. The lowest BCUT2D eigenvalue weighted by Crippen LogP contribution is -2.19. The molecule has 5 heteroatoms. The molecule has 1 amide bonds. The van der Waals surface area contributed by atoms with Crippen molar-refractivity contribution in [2.75, 3.05) is 0 Å². The van der Waals surface area contributed by atoms with Crippen LogP contribution in [0.15, 0.2) is 33.7 Å². The van der Waals surface area contributed by atoms with Gasteiger partial charge in [0.05, 0.1) is 0 Å². The Labute approximate surface area is 155 Å². The molecule has 0 radical (unpaired) electrons. The van der Waals surface area contributed by atoms with Crippen LogP contribution in [0, 0.1) is 12.8 Å². The molecule has 0 saturated heterocycles. The summed E-state index contributed by atoms with van der Waals surface area (Å²) >= 11 is 5.05. The fourth-order valence-corrected chi connectivity index (χ4v) is 4.24. The van der Waals surface area contributed by atoms with Gasteiger partial charge in [0, 0.05) is 27.2 Å². The van der Waals surface area contributed by atoms with Gasteiger partial charge < -0.3 is 4.57 Å². The highest BCUT2D eigenvalue weighted by molar-refractivity contribution is 9.10. The van der Waals surface area contributed by atoms with Gasteiger partial charge >= 0.3 is 0 Å². The molecule has 1 aromatic carbocycles. The first-order valence-corrected chi connectivity index (χ1v) is 9.92. The molecule has 1 aliphatic rings. The SMILES string of the molecule is Cc1c(C(C)(C)C)sc(=NC(=O)c2ccc(Br)cc2)n1CC1CC1. The Hall–Kier alpha value is -1.20. The van der Waals surface area contributed by atoms with Crippen molar-refractivity contribution in [2.45, 2.75) is 52.5 Å². The summed E-state index contributed by atoms with van der Waals surface area (Å²) in [6, 6.07) is 7.38. The summed E-state index contributed by atoms with van der Waals surface area (Å²) in [5.41, 5.74) is 1.94. The summed E-state index contributed by atoms with van der Waals surface area (Å²) in [6.07, 6.45) is 2.57. The van der Waals surface area contributed by atoms with Crippen LogP contribution >= 0.6 is 27.3 Å². The lowest BCUT2D eigenvalue weighted by Gasteiger charge is -2.17. The Morgan fingerprint density at radius 1 is 1.29 bits per heavy atom. The molecular formula is C19H23BrN2OS. The van der Waals surface area contributed by atoms with Crippen molar-refractivity contribution in [3.05, 3.63) is 49.7 Å². The smallest absolute Gasteiger partial charge is 0.279 e. The topological polar surface area (TPSA) is 34.4 Å². The molecule has 3 nitrogen and oxygen atoms in total. The van der Waals surface area contributed by atoms with E-state index in [9.17, 15) is 4.79 Å². The maximum Gasteiger partial charge on any atom is 0.279 e. The third-order valence-corrected chi connectivity index (χ3v) is 6.40. The molecule has 1 heterocycles. The molecule has 0 N–H and O–H groups in total. The minimum Gasteiger partial charge on any atom is -0.320 e. The van der Waals surface area contributed by atoms with E-state index in [1.165, 1.54) is 23.4 Å². The van der Waals surface area contributed by atoms with Crippen molar-refractivity contribution in [2.24, 2.45) is 10.9 Å². The van der Waals surface area contributed by atoms with Crippen LogP contribution in [0.3, 0.4) is 0 Å². The normalized spacial score (nSPS) is 15.8. The van der Waals surface area contributed by atoms with E-state index in [1.54, 1.807) is 11.3 Å². The van der Waals surface area contributed by atoms with E-state index in [-0.39, 0.29) is 11.3 Å². The summed E-state index contributed by atoms with van der Waals surface area (Å²) in [5, 5.41) is 0. The average Bonchev–Trinajstić information content (AvgIpc) is 3.26. The lowest BCUT2D eigenvalue weighted by molar-refractivity contribution is 0.0997. The fraction of sp³-hybridized carbons (Fsp3) is 0.474. The Kier molecular flexibility index (Phi) is 4.85. The number of carbonyl (C=O) groups excluding carboxylic acids is 1. The molecular weight excluding hydrogens is 384 g/mol. The van der Waals surface area contributed by atoms with Gasteiger partial charge in [-0.25, -0.2) is 0 Å². The summed E-state index contributed by atoms with van der Waals surface area (Å²) < 4.78 is 3.21. The Morgan fingerprint density at radius 2 is 1.92 bits per heavy atom. The number of rotatable bonds is 3. The van der Waals surface area contributed by atoms with Crippen LogP contribution in [0.1, 0.15) is 54.5 Å². The summed E-state index contributed by atoms with van der Waals surface area (Å²) in [4.78, 5) is 19.2. The van der Waals surface area contributed by atoms with Gasteiger partial charge in [0.25, 0.3) is 5.91 Å². The first-order chi connectivity index (χ1) is 11.3.